The van der Waals surface area contributed by atoms with Gasteiger partial charge in [0.1, 0.15) is 5.82 Å². The van der Waals surface area contributed by atoms with Gasteiger partial charge in [-0.1, -0.05) is 20.8 Å². The van der Waals surface area contributed by atoms with Crippen LogP contribution >= 0.6 is 0 Å². The maximum Gasteiger partial charge on any atom is 0.229 e. The van der Waals surface area contributed by atoms with Crippen molar-refractivity contribution in [1.82, 2.24) is 0 Å². The van der Waals surface area contributed by atoms with E-state index in [0.717, 1.165) is 18.4 Å². The molecule has 0 saturated carbocycles. The summed E-state index contributed by atoms with van der Waals surface area (Å²) in [4.78, 5) is 11.9. The standard InChI is InChI=1S/C12H17FN2O3S/c1-12(2,3)11(16)14-10-7-8(13)5-6-9(10)15-19(4,17)18/h5-7,15H,1-4H3,(H,14,16). The van der Waals surface area contributed by atoms with Gasteiger partial charge in [0.2, 0.25) is 15.9 Å². The molecule has 1 aromatic rings. The molecule has 0 heterocycles. The first kappa shape index (κ1) is 15.4. The fourth-order valence-corrected chi connectivity index (χ4v) is 1.80. The summed E-state index contributed by atoms with van der Waals surface area (Å²) in [6.45, 7) is 5.10. The highest BCUT2D eigenvalue weighted by Gasteiger charge is 2.22. The Balaban J connectivity index is 3.12. The molecule has 0 spiro atoms. The van der Waals surface area contributed by atoms with Crippen LogP contribution < -0.4 is 10.0 Å². The first-order valence-electron chi connectivity index (χ1n) is 5.58. The average Bonchev–Trinajstić information content (AvgIpc) is 2.19. The molecule has 0 fully saturated rings. The molecule has 0 radical (unpaired) electrons. The van der Waals surface area contributed by atoms with E-state index in [4.69, 9.17) is 0 Å². The zero-order chi connectivity index (χ0) is 14.8. The van der Waals surface area contributed by atoms with Crippen molar-refractivity contribution < 1.29 is 17.6 Å². The highest BCUT2D eigenvalue weighted by Crippen LogP contribution is 2.26. The fourth-order valence-electron chi connectivity index (χ4n) is 1.22. The third-order valence-electron chi connectivity index (χ3n) is 2.21. The Hall–Kier alpha value is -1.63. The van der Waals surface area contributed by atoms with Crippen molar-refractivity contribution in [3.63, 3.8) is 0 Å². The van der Waals surface area contributed by atoms with Crippen molar-refractivity contribution in [2.45, 2.75) is 20.8 Å². The number of anilines is 2. The van der Waals surface area contributed by atoms with Gasteiger partial charge in [-0.2, -0.15) is 0 Å². The Labute approximate surface area is 112 Å². The Morgan fingerprint density at radius 3 is 2.26 bits per heavy atom. The number of sulfonamides is 1. The minimum absolute atomic E-state index is 0.0883. The van der Waals surface area contributed by atoms with Crippen molar-refractivity contribution in [2.75, 3.05) is 16.3 Å². The summed E-state index contributed by atoms with van der Waals surface area (Å²) in [6.07, 6.45) is 0.978. The van der Waals surface area contributed by atoms with Crippen LogP contribution in [-0.4, -0.2) is 20.6 Å². The maximum atomic E-state index is 13.2. The van der Waals surface area contributed by atoms with Gasteiger partial charge >= 0.3 is 0 Å². The summed E-state index contributed by atoms with van der Waals surface area (Å²) in [5.41, 5.74) is -0.457. The van der Waals surface area contributed by atoms with E-state index in [2.05, 4.69) is 10.0 Å². The van der Waals surface area contributed by atoms with Gasteiger partial charge in [-0.3, -0.25) is 9.52 Å². The maximum absolute atomic E-state index is 13.2. The molecule has 0 unspecified atom stereocenters. The smallest absolute Gasteiger partial charge is 0.229 e. The van der Waals surface area contributed by atoms with E-state index >= 15 is 0 Å². The summed E-state index contributed by atoms with van der Waals surface area (Å²) in [5.74, 6) is -0.905. The van der Waals surface area contributed by atoms with Gasteiger partial charge in [-0.05, 0) is 18.2 Å². The largest absolute Gasteiger partial charge is 0.324 e. The Morgan fingerprint density at radius 2 is 1.79 bits per heavy atom. The highest BCUT2D eigenvalue weighted by molar-refractivity contribution is 7.92. The molecule has 7 heteroatoms. The first-order valence-corrected chi connectivity index (χ1v) is 7.47. The summed E-state index contributed by atoms with van der Waals surface area (Å²) in [6, 6.07) is 3.44. The van der Waals surface area contributed by atoms with Crippen LogP contribution in [0.1, 0.15) is 20.8 Å². The van der Waals surface area contributed by atoms with Crippen molar-refractivity contribution in [3.05, 3.63) is 24.0 Å². The van der Waals surface area contributed by atoms with E-state index < -0.39 is 21.3 Å². The normalized spacial score (nSPS) is 12.1. The van der Waals surface area contributed by atoms with Crippen LogP contribution in [-0.2, 0) is 14.8 Å². The van der Waals surface area contributed by atoms with Crippen LogP contribution in [0, 0.1) is 11.2 Å². The van der Waals surface area contributed by atoms with Crippen LogP contribution in [0.5, 0.6) is 0 Å². The molecule has 0 atom stereocenters. The average molecular weight is 288 g/mol. The SMILES string of the molecule is CC(C)(C)C(=O)Nc1cc(F)ccc1NS(C)(=O)=O. The van der Waals surface area contributed by atoms with E-state index in [9.17, 15) is 17.6 Å². The monoisotopic (exact) mass is 288 g/mol. The number of rotatable bonds is 3. The predicted octanol–water partition coefficient (Wildman–Crippen LogP) is 2.18. The second-order valence-electron chi connectivity index (χ2n) is 5.27. The van der Waals surface area contributed by atoms with Gasteiger partial charge in [-0.15, -0.1) is 0 Å². The molecule has 1 amide bonds. The van der Waals surface area contributed by atoms with Crippen molar-refractivity contribution in [2.24, 2.45) is 5.41 Å². The molecule has 1 aromatic carbocycles. The highest BCUT2D eigenvalue weighted by atomic mass is 32.2. The zero-order valence-corrected chi connectivity index (χ0v) is 12.1. The lowest BCUT2D eigenvalue weighted by atomic mass is 9.95. The minimum atomic E-state index is -3.51. The van der Waals surface area contributed by atoms with Crippen molar-refractivity contribution >= 4 is 27.3 Å². The van der Waals surface area contributed by atoms with Gasteiger partial charge in [-0.25, -0.2) is 12.8 Å². The number of benzene rings is 1. The number of hydrogen-bond donors (Lipinski definition) is 2. The molecular weight excluding hydrogens is 271 g/mol. The Bertz CT molecular complexity index is 591. The molecule has 0 aliphatic rings. The third-order valence-corrected chi connectivity index (χ3v) is 2.80. The van der Waals surface area contributed by atoms with Crippen molar-refractivity contribution in [1.29, 1.82) is 0 Å². The quantitative estimate of drug-likeness (QED) is 0.895. The van der Waals surface area contributed by atoms with Gasteiger partial charge in [0.15, 0.2) is 0 Å². The Kier molecular flexibility index (Phi) is 4.19. The molecule has 0 aliphatic heterocycles. The van der Waals surface area contributed by atoms with E-state index in [1.54, 1.807) is 20.8 Å². The van der Waals surface area contributed by atoms with E-state index in [0.29, 0.717) is 0 Å². The summed E-state index contributed by atoms with van der Waals surface area (Å²) < 4.78 is 37.8. The van der Waals surface area contributed by atoms with Gasteiger partial charge in [0.05, 0.1) is 17.6 Å². The van der Waals surface area contributed by atoms with Gasteiger partial charge in [0, 0.05) is 5.41 Å². The number of halogens is 1. The molecule has 2 N–H and O–H groups in total. The number of carbonyl (C=O) groups excluding carboxylic acids is 1. The van der Waals surface area contributed by atoms with Crippen molar-refractivity contribution in [3.8, 4) is 0 Å². The second kappa shape index (κ2) is 5.16. The summed E-state index contributed by atoms with van der Waals surface area (Å²) in [5, 5.41) is 2.51. The number of nitrogens with one attached hydrogen (secondary N) is 2. The van der Waals surface area contributed by atoms with E-state index in [-0.39, 0.29) is 17.3 Å². The van der Waals surface area contributed by atoms with Gasteiger partial charge in [0.25, 0.3) is 0 Å². The lowest BCUT2D eigenvalue weighted by molar-refractivity contribution is -0.123. The van der Waals surface area contributed by atoms with Crippen LogP contribution in [0.25, 0.3) is 0 Å². The molecule has 106 valence electrons. The lowest BCUT2D eigenvalue weighted by Crippen LogP contribution is -2.28. The predicted molar refractivity (Wildman–Crippen MR) is 73.0 cm³/mol. The summed E-state index contributed by atoms with van der Waals surface area (Å²) in [7, 11) is -3.51. The molecule has 0 saturated heterocycles. The molecule has 5 nitrogen and oxygen atoms in total. The lowest BCUT2D eigenvalue weighted by Gasteiger charge is -2.19. The molecule has 0 aromatic heterocycles. The van der Waals surface area contributed by atoms with Crippen LogP contribution in [0.3, 0.4) is 0 Å². The van der Waals surface area contributed by atoms with E-state index in [1.807, 2.05) is 0 Å². The number of amides is 1. The molecule has 19 heavy (non-hydrogen) atoms. The van der Waals surface area contributed by atoms with E-state index in [1.165, 1.54) is 6.07 Å². The molecule has 0 aliphatic carbocycles. The van der Waals surface area contributed by atoms with Crippen LogP contribution in [0.15, 0.2) is 18.2 Å². The molecular formula is C12H17FN2O3S. The topological polar surface area (TPSA) is 75.3 Å². The number of carbonyl (C=O) groups is 1. The van der Waals surface area contributed by atoms with Crippen LogP contribution in [0.4, 0.5) is 15.8 Å². The van der Waals surface area contributed by atoms with Gasteiger partial charge < -0.3 is 5.32 Å². The third kappa shape index (κ3) is 4.86. The Morgan fingerprint density at radius 1 is 1.21 bits per heavy atom. The number of hydrogen-bond acceptors (Lipinski definition) is 3. The zero-order valence-electron chi connectivity index (χ0n) is 11.2. The van der Waals surface area contributed by atoms with Crippen LogP contribution in [0.2, 0.25) is 0 Å². The minimum Gasteiger partial charge on any atom is -0.324 e. The molecule has 1 rings (SSSR count). The molecule has 0 bridgehead atoms. The first-order chi connectivity index (χ1) is 8.49. The fraction of sp³-hybridized carbons (Fsp3) is 0.417. The second-order valence-corrected chi connectivity index (χ2v) is 7.02. The summed E-state index contributed by atoms with van der Waals surface area (Å²) >= 11 is 0.